The highest BCUT2D eigenvalue weighted by Crippen LogP contribution is 2.41. The second kappa shape index (κ2) is 6.49. The first kappa shape index (κ1) is 16.0. The molecule has 0 bridgehead atoms. The van der Waals surface area contributed by atoms with Gasteiger partial charge in [-0.1, -0.05) is 17.0 Å². The van der Waals surface area contributed by atoms with E-state index in [9.17, 15) is 0 Å². The van der Waals surface area contributed by atoms with E-state index < -0.39 is 0 Å². The SMILES string of the molecule is COc1ccc(-c2cc3ncnc(SC4N=NNN4C4CC4)c3s2)cc1. The van der Waals surface area contributed by atoms with Crippen molar-refractivity contribution in [2.75, 3.05) is 7.11 Å². The Morgan fingerprint density at radius 3 is 2.85 bits per heavy atom. The van der Waals surface area contributed by atoms with Gasteiger partial charge in [-0.2, -0.15) is 5.01 Å². The maximum atomic E-state index is 5.24. The fourth-order valence-corrected chi connectivity index (χ4v) is 5.06. The maximum absolute atomic E-state index is 5.24. The predicted molar refractivity (Wildman–Crippen MR) is 102 cm³/mol. The number of hydrazine groups is 1. The average Bonchev–Trinajstić information content (AvgIpc) is 3.25. The second-order valence-corrected chi connectivity index (χ2v) is 8.23. The van der Waals surface area contributed by atoms with Crippen LogP contribution in [0.2, 0.25) is 0 Å². The predicted octanol–water partition coefficient (Wildman–Crippen LogP) is 4.09. The van der Waals surface area contributed by atoms with Crippen molar-refractivity contribution in [3.8, 4) is 16.2 Å². The van der Waals surface area contributed by atoms with Crippen LogP contribution in [0.5, 0.6) is 5.75 Å². The summed E-state index contributed by atoms with van der Waals surface area (Å²) in [6, 6.07) is 10.7. The molecule has 1 unspecified atom stereocenters. The Kier molecular flexibility index (Phi) is 3.99. The molecule has 1 atom stereocenters. The van der Waals surface area contributed by atoms with Crippen molar-refractivity contribution in [3.05, 3.63) is 36.7 Å². The summed E-state index contributed by atoms with van der Waals surface area (Å²) < 4.78 is 6.32. The minimum atomic E-state index is -0.0767. The van der Waals surface area contributed by atoms with Crippen LogP contribution < -0.4 is 10.3 Å². The molecule has 1 aliphatic heterocycles. The van der Waals surface area contributed by atoms with Crippen molar-refractivity contribution in [2.45, 2.75) is 29.4 Å². The van der Waals surface area contributed by atoms with Crippen LogP contribution in [0.4, 0.5) is 0 Å². The molecule has 7 nitrogen and oxygen atoms in total. The van der Waals surface area contributed by atoms with Gasteiger partial charge in [0, 0.05) is 10.9 Å². The molecule has 0 radical (unpaired) electrons. The van der Waals surface area contributed by atoms with Gasteiger partial charge in [0.15, 0.2) is 5.50 Å². The molecule has 9 heteroatoms. The molecule has 2 aliphatic rings. The average molecular weight is 384 g/mol. The van der Waals surface area contributed by atoms with Gasteiger partial charge in [-0.15, -0.1) is 16.5 Å². The highest BCUT2D eigenvalue weighted by molar-refractivity contribution is 8.00. The van der Waals surface area contributed by atoms with Crippen LogP contribution in [0.25, 0.3) is 20.7 Å². The maximum Gasteiger partial charge on any atom is 0.196 e. The summed E-state index contributed by atoms with van der Waals surface area (Å²) in [6.45, 7) is 0. The normalized spacial score (nSPS) is 19.8. The van der Waals surface area contributed by atoms with E-state index in [0.29, 0.717) is 6.04 Å². The largest absolute Gasteiger partial charge is 0.497 e. The van der Waals surface area contributed by atoms with Crippen molar-refractivity contribution >= 4 is 33.3 Å². The van der Waals surface area contributed by atoms with Crippen molar-refractivity contribution < 1.29 is 4.74 Å². The molecule has 3 aromatic rings. The van der Waals surface area contributed by atoms with Crippen molar-refractivity contribution in [1.82, 2.24) is 20.5 Å². The molecule has 1 fully saturated rings. The third kappa shape index (κ3) is 2.91. The van der Waals surface area contributed by atoms with E-state index in [1.54, 1.807) is 36.5 Å². The van der Waals surface area contributed by atoms with Crippen molar-refractivity contribution in [1.29, 1.82) is 0 Å². The van der Waals surface area contributed by atoms with Gasteiger partial charge >= 0.3 is 0 Å². The van der Waals surface area contributed by atoms with Gasteiger partial charge in [-0.3, -0.25) is 0 Å². The van der Waals surface area contributed by atoms with Crippen LogP contribution in [0.15, 0.2) is 52.0 Å². The van der Waals surface area contributed by atoms with E-state index in [0.717, 1.165) is 31.4 Å². The number of hydrogen-bond acceptors (Lipinski definition) is 9. The fraction of sp³-hybridized carbons (Fsp3) is 0.294. The van der Waals surface area contributed by atoms with E-state index in [4.69, 9.17) is 4.74 Å². The van der Waals surface area contributed by atoms with E-state index >= 15 is 0 Å². The highest BCUT2D eigenvalue weighted by atomic mass is 32.2. The number of aromatic nitrogens is 2. The molecule has 1 aromatic carbocycles. The number of fused-ring (bicyclic) bond motifs is 1. The molecule has 0 amide bonds. The quantitative estimate of drug-likeness (QED) is 0.668. The van der Waals surface area contributed by atoms with Crippen molar-refractivity contribution in [2.24, 2.45) is 10.3 Å². The van der Waals surface area contributed by atoms with Crippen LogP contribution in [0.3, 0.4) is 0 Å². The number of methoxy groups -OCH3 is 1. The first-order valence-corrected chi connectivity index (χ1v) is 10.0. The number of hydrogen-bond donors (Lipinski definition) is 1. The molecular weight excluding hydrogens is 368 g/mol. The molecule has 1 saturated carbocycles. The van der Waals surface area contributed by atoms with Gasteiger partial charge in [0.2, 0.25) is 0 Å². The van der Waals surface area contributed by atoms with E-state index in [1.807, 2.05) is 12.1 Å². The summed E-state index contributed by atoms with van der Waals surface area (Å²) in [6.07, 6.45) is 4.00. The minimum Gasteiger partial charge on any atom is -0.497 e. The summed E-state index contributed by atoms with van der Waals surface area (Å²) in [7, 11) is 1.67. The Bertz CT molecular complexity index is 969. The van der Waals surface area contributed by atoms with Crippen LogP contribution in [-0.2, 0) is 0 Å². The number of thiophene rings is 1. The lowest BCUT2D eigenvalue weighted by Gasteiger charge is -2.18. The zero-order chi connectivity index (χ0) is 17.5. The Morgan fingerprint density at radius 1 is 1.23 bits per heavy atom. The number of ether oxygens (including phenoxy) is 1. The number of rotatable bonds is 5. The lowest BCUT2D eigenvalue weighted by atomic mass is 10.2. The molecular formula is C17H16N6OS2. The summed E-state index contributed by atoms with van der Waals surface area (Å²) in [4.78, 5) is 10.1. The zero-order valence-electron chi connectivity index (χ0n) is 14.0. The third-order valence-electron chi connectivity index (χ3n) is 4.37. The van der Waals surface area contributed by atoms with E-state index in [2.05, 4.69) is 49.0 Å². The Morgan fingerprint density at radius 2 is 2.08 bits per heavy atom. The standard InChI is InChI=1S/C17H16N6OS2/c1-24-12-6-2-10(3-7-12)14-8-13-15(25-14)16(19-9-18-13)26-17-20-21-22-23(17)11-4-5-11/h2-3,6-9,11,17H,4-5H2,1H3,(H,20,22). The van der Waals surface area contributed by atoms with Gasteiger partial charge in [0.05, 0.1) is 17.3 Å². The number of nitrogens with one attached hydrogen (secondary N) is 1. The minimum absolute atomic E-state index is 0.0767. The fourth-order valence-electron chi connectivity index (χ4n) is 2.84. The third-order valence-corrected chi connectivity index (χ3v) is 6.74. The summed E-state index contributed by atoms with van der Waals surface area (Å²) in [5.41, 5.74) is 5.02. The van der Waals surface area contributed by atoms with Gasteiger partial charge in [0.25, 0.3) is 0 Å². The summed E-state index contributed by atoms with van der Waals surface area (Å²) >= 11 is 3.32. The van der Waals surface area contributed by atoms with Gasteiger partial charge < -0.3 is 4.74 Å². The molecule has 132 valence electrons. The molecule has 1 aliphatic carbocycles. The molecule has 0 spiro atoms. The molecule has 26 heavy (non-hydrogen) atoms. The summed E-state index contributed by atoms with van der Waals surface area (Å²) in [5.74, 6) is 0.852. The highest BCUT2D eigenvalue weighted by Gasteiger charge is 2.38. The molecule has 0 saturated heterocycles. The lowest BCUT2D eigenvalue weighted by Crippen LogP contribution is -2.37. The first-order valence-electron chi connectivity index (χ1n) is 8.31. The lowest BCUT2D eigenvalue weighted by molar-refractivity contribution is 0.208. The number of nitrogens with zero attached hydrogens (tertiary/aromatic N) is 5. The van der Waals surface area contributed by atoms with Crippen molar-refractivity contribution in [3.63, 3.8) is 0 Å². The Hall–Kier alpha value is -2.23. The van der Waals surface area contributed by atoms with E-state index in [-0.39, 0.29) is 5.50 Å². The smallest absolute Gasteiger partial charge is 0.196 e. The monoisotopic (exact) mass is 384 g/mol. The van der Waals surface area contributed by atoms with Crippen LogP contribution in [0.1, 0.15) is 12.8 Å². The molecule has 3 heterocycles. The molecule has 2 aromatic heterocycles. The topological polar surface area (TPSA) is 75.0 Å². The van der Waals surface area contributed by atoms with Gasteiger partial charge in [0.1, 0.15) is 17.1 Å². The zero-order valence-corrected chi connectivity index (χ0v) is 15.6. The van der Waals surface area contributed by atoms with Gasteiger partial charge in [-0.05, 0) is 48.7 Å². The molecule has 5 rings (SSSR count). The summed E-state index contributed by atoms with van der Waals surface area (Å²) in [5, 5.41) is 11.3. The van der Waals surface area contributed by atoms with Crippen LogP contribution in [-0.4, -0.2) is 33.6 Å². The van der Waals surface area contributed by atoms with Crippen LogP contribution >= 0.6 is 23.1 Å². The second-order valence-electron chi connectivity index (χ2n) is 6.13. The van der Waals surface area contributed by atoms with Gasteiger partial charge in [-0.25, -0.2) is 15.5 Å². The molecule has 1 N–H and O–H groups in total. The Balaban J connectivity index is 1.46. The van der Waals surface area contributed by atoms with E-state index in [1.165, 1.54) is 12.8 Å². The van der Waals surface area contributed by atoms with Crippen LogP contribution in [0, 0.1) is 0 Å². The Labute approximate surface area is 158 Å². The number of benzene rings is 1. The first-order chi connectivity index (χ1) is 12.8. The number of thioether (sulfide) groups is 1.